The Labute approximate surface area is 135 Å². The molecular weight excluding hydrogens is 272 g/mol. The van der Waals surface area contributed by atoms with Crippen molar-refractivity contribution >= 4 is 0 Å². The molecule has 0 aromatic carbocycles. The summed E-state index contributed by atoms with van der Waals surface area (Å²) in [5.74, 6) is 3.71. The van der Waals surface area contributed by atoms with E-state index in [0.717, 1.165) is 30.6 Å². The molecule has 4 unspecified atom stereocenters. The molecule has 0 aliphatic heterocycles. The first kappa shape index (κ1) is 15.2. The van der Waals surface area contributed by atoms with Gasteiger partial charge in [-0.2, -0.15) is 0 Å². The lowest BCUT2D eigenvalue weighted by Crippen LogP contribution is -2.53. The summed E-state index contributed by atoms with van der Waals surface area (Å²) in [6.07, 6.45) is 9.94. The first-order valence-corrected chi connectivity index (χ1v) is 9.44. The molecule has 4 aliphatic rings. The van der Waals surface area contributed by atoms with Gasteiger partial charge in [0.15, 0.2) is 0 Å². The molecular formula is C20H32O2. The number of hydrogen-bond donors (Lipinski definition) is 2. The fourth-order valence-electron chi connectivity index (χ4n) is 6.96. The molecule has 2 N–H and O–H groups in total. The number of hydrogen-bond acceptors (Lipinski definition) is 2. The van der Waals surface area contributed by atoms with Gasteiger partial charge in [-0.3, -0.25) is 0 Å². The van der Waals surface area contributed by atoms with Crippen molar-refractivity contribution in [1.82, 2.24) is 0 Å². The van der Waals surface area contributed by atoms with E-state index in [1.165, 1.54) is 32.1 Å². The maximum absolute atomic E-state index is 10.9. The summed E-state index contributed by atoms with van der Waals surface area (Å²) in [6, 6.07) is 0. The molecule has 4 aliphatic carbocycles. The highest BCUT2D eigenvalue weighted by atomic mass is 16.3. The number of aliphatic hydroxyl groups is 2. The molecule has 0 saturated heterocycles. The Balaban J connectivity index is 1.68. The molecule has 3 fully saturated rings. The first-order chi connectivity index (χ1) is 10.3. The van der Waals surface area contributed by atoms with Gasteiger partial charge in [-0.15, -0.1) is 0 Å². The van der Waals surface area contributed by atoms with E-state index in [2.05, 4.69) is 26.8 Å². The van der Waals surface area contributed by atoms with Crippen molar-refractivity contribution < 1.29 is 10.2 Å². The standard InChI is InChI=1S/C20H32O2/c1-12-10-13-11-14(21)4-5-15(13)16-6-8-19(2)17(18(12)16)7-9-20(19,3)22/h11-12,14-18,21-22H,4-10H2,1-3H3/t12-,14+,15?,16?,17?,18?,19+,20+/m1/s1. The van der Waals surface area contributed by atoms with Crippen LogP contribution in [0, 0.1) is 35.0 Å². The van der Waals surface area contributed by atoms with Gasteiger partial charge < -0.3 is 10.2 Å². The van der Waals surface area contributed by atoms with Crippen molar-refractivity contribution in [2.24, 2.45) is 35.0 Å². The Morgan fingerprint density at radius 1 is 1.09 bits per heavy atom. The molecule has 8 atom stereocenters. The predicted octanol–water partition coefficient (Wildman–Crippen LogP) is 3.92. The van der Waals surface area contributed by atoms with Crippen molar-refractivity contribution in [2.75, 3.05) is 0 Å². The molecule has 0 heterocycles. The van der Waals surface area contributed by atoms with Crippen molar-refractivity contribution in [3.63, 3.8) is 0 Å². The van der Waals surface area contributed by atoms with Gasteiger partial charge in [0.05, 0.1) is 11.7 Å². The van der Waals surface area contributed by atoms with E-state index in [-0.39, 0.29) is 11.5 Å². The fraction of sp³-hybridized carbons (Fsp3) is 0.900. The maximum Gasteiger partial charge on any atom is 0.0723 e. The Morgan fingerprint density at radius 2 is 1.86 bits per heavy atom. The second-order valence-electron chi connectivity index (χ2n) is 9.29. The van der Waals surface area contributed by atoms with Crippen molar-refractivity contribution in [3.8, 4) is 0 Å². The topological polar surface area (TPSA) is 40.5 Å². The third-order valence-electron chi connectivity index (χ3n) is 8.33. The summed E-state index contributed by atoms with van der Waals surface area (Å²) in [5.41, 5.74) is 1.21. The third kappa shape index (κ3) is 1.92. The summed E-state index contributed by atoms with van der Waals surface area (Å²) < 4.78 is 0. The van der Waals surface area contributed by atoms with Gasteiger partial charge in [0, 0.05) is 0 Å². The number of fused-ring (bicyclic) bond motifs is 5. The molecule has 0 radical (unpaired) electrons. The zero-order valence-corrected chi connectivity index (χ0v) is 14.4. The van der Waals surface area contributed by atoms with Crippen LogP contribution in [0.5, 0.6) is 0 Å². The van der Waals surface area contributed by atoms with E-state index in [4.69, 9.17) is 0 Å². The van der Waals surface area contributed by atoms with Crippen molar-refractivity contribution in [1.29, 1.82) is 0 Å². The Morgan fingerprint density at radius 3 is 2.64 bits per heavy atom. The van der Waals surface area contributed by atoms with Gasteiger partial charge in [-0.25, -0.2) is 0 Å². The van der Waals surface area contributed by atoms with Crippen LogP contribution in [0.1, 0.15) is 65.7 Å². The molecule has 0 spiro atoms. The molecule has 4 rings (SSSR count). The van der Waals surface area contributed by atoms with E-state index in [1.807, 2.05) is 0 Å². The molecule has 2 heteroatoms. The maximum atomic E-state index is 10.9. The van der Waals surface area contributed by atoms with Gasteiger partial charge in [0.2, 0.25) is 0 Å². The van der Waals surface area contributed by atoms with Crippen LogP contribution in [0.4, 0.5) is 0 Å². The quantitative estimate of drug-likeness (QED) is 0.666. The van der Waals surface area contributed by atoms with E-state index >= 15 is 0 Å². The van der Waals surface area contributed by atoms with Gasteiger partial charge >= 0.3 is 0 Å². The smallest absolute Gasteiger partial charge is 0.0723 e. The molecule has 3 saturated carbocycles. The van der Waals surface area contributed by atoms with Crippen LogP contribution in [0.25, 0.3) is 0 Å². The molecule has 0 aromatic heterocycles. The van der Waals surface area contributed by atoms with Crippen LogP contribution in [0.15, 0.2) is 11.6 Å². The second kappa shape index (κ2) is 4.83. The lowest BCUT2D eigenvalue weighted by molar-refractivity contribution is -0.117. The largest absolute Gasteiger partial charge is 0.390 e. The van der Waals surface area contributed by atoms with Gasteiger partial charge in [-0.05, 0) is 86.9 Å². The van der Waals surface area contributed by atoms with Gasteiger partial charge in [0.1, 0.15) is 0 Å². The SMILES string of the molecule is C[C@@H]1CC2=C[C@@H](O)CCC2C2CC[C@@]3(C)C(CC[C@]3(C)O)C21. The lowest BCUT2D eigenvalue weighted by Gasteiger charge is -2.57. The number of allylic oxidation sites excluding steroid dienone is 1. The summed E-state index contributed by atoms with van der Waals surface area (Å²) >= 11 is 0. The van der Waals surface area contributed by atoms with E-state index < -0.39 is 5.60 Å². The lowest BCUT2D eigenvalue weighted by atomic mass is 9.48. The molecule has 2 nitrogen and oxygen atoms in total. The average Bonchev–Trinajstić information content (AvgIpc) is 2.69. The Bertz CT molecular complexity index is 494. The molecule has 22 heavy (non-hydrogen) atoms. The Hall–Kier alpha value is -0.340. The van der Waals surface area contributed by atoms with Crippen LogP contribution in [0.3, 0.4) is 0 Å². The van der Waals surface area contributed by atoms with Crippen LogP contribution in [-0.4, -0.2) is 21.9 Å². The summed E-state index contributed by atoms with van der Waals surface area (Å²) in [6.45, 7) is 6.88. The molecule has 0 amide bonds. The molecule has 0 aromatic rings. The third-order valence-corrected chi connectivity index (χ3v) is 8.33. The van der Waals surface area contributed by atoms with Crippen LogP contribution in [-0.2, 0) is 0 Å². The molecule has 0 bridgehead atoms. The summed E-state index contributed by atoms with van der Waals surface area (Å²) in [7, 11) is 0. The van der Waals surface area contributed by atoms with Crippen LogP contribution in [0.2, 0.25) is 0 Å². The van der Waals surface area contributed by atoms with Crippen molar-refractivity contribution in [3.05, 3.63) is 11.6 Å². The van der Waals surface area contributed by atoms with Gasteiger partial charge in [-0.1, -0.05) is 25.5 Å². The van der Waals surface area contributed by atoms with Crippen LogP contribution >= 0.6 is 0 Å². The monoisotopic (exact) mass is 304 g/mol. The predicted molar refractivity (Wildman–Crippen MR) is 88.3 cm³/mol. The normalized spacial score (nSPS) is 57.6. The minimum atomic E-state index is -0.471. The number of aliphatic hydroxyl groups excluding tert-OH is 1. The first-order valence-electron chi connectivity index (χ1n) is 9.44. The van der Waals surface area contributed by atoms with E-state index in [0.29, 0.717) is 11.8 Å². The zero-order valence-electron chi connectivity index (χ0n) is 14.4. The highest BCUT2D eigenvalue weighted by Crippen LogP contribution is 2.65. The minimum Gasteiger partial charge on any atom is -0.390 e. The minimum absolute atomic E-state index is 0.123. The summed E-state index contributed by atoms with van der Waals surface area (Å²) in [4.78, 5) is 0. The Kier molecular flexibility index (Phi) is 3.34. The fourth-order valence-corrected chi connectivity index (χ4v) is 6.96. The van der Waals surface area contributed by atoms with Gasteiger partial charge in [0.25, 0.3) is 0 Å². The van der Waals surface area contributed by atoms with Crippen LogP contribution < -0.4 is 0 Å². The van der Waals surface area contributed by atoms with Crippen molar-refractivity contribution in [2.45, 2.75) is 77.4 Å². The highest BCUT2D eigenvalue weighted by Gasteiger charge is 2.61. The number of rotatable bonds is 0. The average molecular weight is 304 g/mol. The van der Waals surface area contributed by atoms with E-state index in [1.54, 1.807) is 5.57 Å². The zero-order chi connectivity index (χ0) is 15.7. The molecule has 124 valence electrons. The highest BCUT2D eigenvalue weighted by molar-refractivity contribution is 5.22. The second-order valence-corrected chi connectivity index (χ2v) is 9.29. The summed E-state index contributed by atoms with van der Waals surface area (Å²) in [5, 5.41) is 20.9. The van der Waals surface area contributed by atoms with E-state index in [9.17, 15) is 10.2 Å².